The third-order valence-electron chi connectivity index (χ3n) is 2.94. The van der Waals surface area contributed by atoms with Gasteiger partial charge in [0.05, 0.1) is 19.5 Å². The third kappa shape index (κ3) is 2.56. The maximum atomic E-state index is 12.0. The highest BCUT2D eigenvalue weighted by Gasteiger charge is 2.43. The number of benzene rings is 1. The van der Waals surface area contributed by atoms with E-state index >= 15 is 0 Å². The molecule has 0 heterocycles. The average molecular weight is 315 g/mol. The van der Waals surface area contributed by atoms with Crippen LogP contribution in [0.5, 0.6) is 5.75 Å². The lowest BCUT2D eigenvalue weighted by Gasteiger charge is -2.25. The van der Waals surface area contributed by atoms with Crippen LogP contribution in [0, 0.1) is 0 Å². The van der Waals surface area contributed by atoms with Crippen LogP contribution >= 0.6 is 15.9 Å². The van der Waals surface area contributed by atoms with Gasteiger partial charge in [0.25, 0.3) is 0 Å². The normalized spacial score (nSPS) is 13.6. The van der Waals surface area contributed by atoms with Crippen LogP contribution in [0.1, 0.15) is 12.5 Å². The molecule has 1 aromatic rings. The molecule has 1 rings (SSSR count). The topological polar surface area (TPSA) is 52.6 Å². The number of hydrogen-bond acceptors (Lipinski definition) is 4. The van der Waals surface area contributed by atoms with Crippen molar-refractivity contribution in [2.24, 2.45) is 0 Å². The summed E-state index contributed by atoms with van der Waals surface area (Å²) in [5.41, 5.74) is -0.718. The van der Waals surface area contributed by atoms with E-state index in [-0.39, 0.29) is 11.1 Å². The molecular weight excluding hydrogens is 300 g/mol. The zero-order chi connectivity index (χ0) is 13.8. The van der Waals surface area contributed by atoms with Crippen LogP contribution in [0.15, 0.2) is 24.3 Å². The van der Waals surface area contributed by atoms with Crippen LogP contribution in [0.25, 0.3) is 0 Å². The zero-order valence-corrected chi connectivity index (χ0v) is 12.1. The Labute approximate surface area is 114 Å². The largest absolute Gasteiger partial charge is 0.497 e. The second kappa shape index (κ2) is 6.00. The number of Topliss-reactive ketones (excluding diaryl/α,β-unsaturated/α-hetero) is 1. The minimum absolute atomic E-state index is 0.0879. The van der Waals surface area contributed by atoms with Crippen LogP contribution in [0.2, 0.25) is 0 Å². The quantitative estimate of drug-likeness (QED) is 0.474. The molecule has 0 aromatic heterocycles. The molecule has 0 aliphatic carbocycles. The number of rotatable bonds is 5. The first-order valence-corrected chi connectivity index (χ1v) is 6.45. The number of esters is 1. The molecule has 0 fully saturated rings. The molecule has 0 saturated carbocycles. The van der Waals surface area contributed by atoms with Gasteiger partial charge in [-0.3, -0.25) is 9.59 Å². The number of carbonyl (C=O) groups excluding carboxylic acids is 2. The van der Waals surface area contributed by atoms with Gasteiger partial charge in [0, 0.05) is 0 Å². The molecular formula is C13H15BrO4. The molecule has 98 valence electrons. The van der Waals surface area contributed by atoms with Crippen molar-refractivity contribution < 1.29 is 19.1 Å². The Balaban J connectivity index is 3.25. The molecule has 4 nitrogen and oxygen atoms in total. The van der Waals surface area contributed by atoms with Crippen LogP contribution in [0.4, 0.5) is 0 Å². The predicted octanol–water partition coefficient (Wildman–Crippen LogP) is 2.09. The minimum Gasteiger partial charge on any atom is -0.497 e. The van der Waals surface area contributed by atoms with Gasteiger partial charge in [-0.1, -0.05) is 28.1 Å². The molecule has 0 spiro atoms. The minimum atomic E-state index is -1.30. The number of ketones is 1. The average Bonchev–Trinajstić information content (AvgIpc) is 2.44. The monoisotopic (exact) mass is 314 g/mol. The van der Waals surface area contributed by atoms with Crippen molar-refractivity contribution in [1.29, 1.82) is 0 Å². The van der Waals surface area contributed by atoms with Crippen molar-refractivity contribution in [1.82, 2.24) is 0 Å². The fourth-order valence-electron chi connectivity index (χ4n) is 1.65. The standard InChI is InChI=1S/C13H15BrO4/c1-13(11(15)8-14,12(16)18-3)9-4-6-10(17-2)7-5-9/h4-7H,8H2,1-3H3. The van der Waals surface area contributed by atoms with Crippen molar-refractivity contribution in [3.05, 3.63) is 29.8 Å². The van der Waals surface area contributed by atoms with Gasteiger partial charge in [-0.05, 0) is 24.6 Å². The van der Waals surface area contributed by atoms with Crippen LogP contribution < -0.4 is 4.74 Å². The van der Waals surface area contributed by atoms with Gasteiger partial charge in [-0.2, -0.15) is 0 Å². The lowest BCUT2D eigenvalue weighted by molar-refractivity contribution is -0.150. The first kappa shape index (κ1) is 14.7. The van der Waals surface area contributed by atoms with Gasteiger partial charge in [-0.15, -0.1) is 0 Å². The fourth-order valence-corrected chi connectivity index (χ4v) is 2.22. The van der Waals surface area contributed by atoms with Gasteiger partial charge >= 0.3 is 5.97 Å². The zero-order valence-electron chi connectivity index (χ0n) is 10.5. The van der Waals surface area contributed by atoms with E-state index in [0.717, 1.165) is 0 Å². The van der Waals surface area contributed by atoms with Crippen LogP contribution in [0.3, 0.4) is 0 Å². The number of alkyl halides is 1. The molecule has 0 aliphatic heterocycles. The summed E-state index contributed by atoms with van der Waals surface area (Å²) >= 11 is 3.09. The summed E-state index contributed by atoms with van der Waals surface area (Å²) in [6, 6.07) is 6.79. The summed E-state index contributed by atoms with van der Waals surface area (Å²) in [7, 11) is 2.82. The van der Waals surface area contributed by atoms with Crippen molar-refractivity contribution in [2.45, 2.75) is 12.3 Å². The van der Waals surface area contributed by atoms with Crippen LogP contribution in [-0.4, -0.2) is 31.3 Å². The van der Waals surface area contributed by atoms with Crippen molar-refractivity contribution in [2.75, 3.05) is 19.5 Å². The van der Waals surface area contributed by atoms with Gasteiger partial charge in [0.1, 0.15) is 11.2 Å². The Bertz CT molecular complexity index is 423. The van der Waals surface area contributed by atoms with E-state index in [9.17, 15) is 9.59 Å². The smallest absolute Gasteiger partial charge is 0.323 e. The van der Waals surface area contributed by atoms with E-state index in [4.69, 9.17) is 9.47 Å². The number of ether oxygens (including phenoxy) is 2. The summed E-state index contributed by atoms with van der Waals surface area (Å²) in [4.78, 5) is 23.9. The summed E-state index contributed by atoms with van der Waals surface area (Å²) < 4.78 is 9.78. The summed E-state index contributed by atoms with van der Waals surface area (Å²) in [5, 5.41) is 0.0879. The molecule has 0 N–H and O–H groups in total. The van der Waals surface area contributed by atoms with E-state index < -0.39 is 11.4 Å². The number of methoxy groups -OCH3 is 2. The third-order valence-corrected chi connectivity index (χ3v) is 3.45. The Kier molecular flexibility index (Phi) is 4.90. The van der Waals surface area contributed by atoms with Crippen LogP contribution in [-0.2, 0) is 19.7 Å². The molecule has 1 aromatic carbocycles. The van der Waals surface area contributed by atoms with E-state index in [2.05, 4.69) is 15.9 Å². The van der Waals surface area contributed by atoms with Gasteiger partial charge in [0.15, 0.2) is 5.78 Å². The molecule has 0 bridgehead atoms. The molecule has 5 heteroatoms. The predicted molar refractivity (Wildman–Crippen MR) is 71.2 cm³/mol. The second-order valence-corrected chi connectivity index (χ2v) is 4.46. The molecule has 0 amide bonds. The highest BCUT2D eigenvalue weighted by atomic mass is 79.9. The fraction of sp³-hybridized carbons (Fsp3) is 0.385. The molecule has 0 saturated heterocycles. The highest BCUT2D eigenvalue weighted by Crippen LogP contribution is 2.29. The van der Waals surface area contributed by atoms with Crippen molar-refractivity contribution in [3.8, 4) is 5.75 Å². The van der Waals surface area contributed by atoms with Gasteiger partial charge in [-0.25, -0.2) is 0 Å². The molecule has 1 atom stereocenters. The van der Waals surface area contributed by atoms with E-state index in [1.807, 2.05) is 0 Å². The number of carbonyl (C=O) groups is 2. The lowest BCUT2D eigenvalue weighted by atomic mass is 9.79. The van der Waals surface area contributed by atoms with Gasteiger partial charge < -0.3 is 9.47 Å². The highest BCUT2D eigenvalue weighted by molar-refractivity contribution is 9.09. The Morgan fingerprint density at radius 2 is 1.78 bits per heavy atom. The first-order valence-electron chi connectivity index (χ1n) is 5.33. The Morgan fingerprint density at radius 3 is 2.17 bits per heavy atom. The van der Waals surface area contributed by atoms with Crippen molar-refractivity contribution >= 4 is 27.7 Å². The SMILES string of the molecule is COC(=O)C(C)(C(=O)CBr)c1ccc(OC)cc1. The summed E-state index contributed by atoms with van der Waals surface area (Å²) in [6.07, 6.45) is 0. The Morgan fingerprint density at radius 1 is 1.22 bits per heavy atom. The maximum absolute atomic E-state index is 12.0. The molecule has 0 aliphatic rings. The summed E-state index contributed by atoms with van der Waals surface area (Å²) in [6.45, 7) is 1.56. The molecule has 0 radical (unpaired) electrons. The van der Waals surface area contributed by atoms with E-state index in [1.165, 1.54) is 7.11 Å². The first-order chi connectivity index (χ1) is 8.50. The van der Waals surface area contributed by atoms with E-state index in [0.29, 0.717) is 11.3 Å². The lowest BCUT2D eigenvalue weighted by Crippen LogP contribution is -2.42. The number of hydrogen-bond donors (Lipinski definition) is 0. The van der Waals surface area contributed by atoms with E-state index in [1.54, 1.807) is 38.3 Å². The molecule has 1 unspecified atom stereocenters. The summed E-state index contributed by atoms with van der Waals surface area (Å²) in [5.74, 6) is -0.158. The molecule has 18 heavy (non-hydrogen) atoms. The van der Waals surface area contributed by atoms with Gasteiger partial charge in [0.2, 0.25) is 0 Å². The number of halogens is 1. The second-order valence-electron chi connectivity index (χ2n) is 3.90. The maximum Gasteiger partial charge on any atom is 0.323 e. The Hall–Kier alpha value is -1.36. The van der Waals surface area contributed by atoms with Crippen molar-refractivity contribution in [3.63, 3.8) is 0 Å².